The summed E-state index contributed by atoms with van der Waals surface area (Å²) in [5, 5.41) is 4.32. The molecule has 8 nitrogen and oxygen atoms in total. The molecule has 0 bridgehead atoms. The van der Waals surface area contributed by atoms with E-state index in [9.17, 15) is 13.2 Å². The lowest BCUT2D eigenvalue weighted by Crippen LogP contribution is -2.41. The van der Waals surface area contributed by atoms with Crippen molar-refractivity contribution in [3.8, 4) is 11.4 Å². The molecule has 1 aromatic heterocycles. The zero-order chi connectivity index (χ0) is 21.9. The van der Waals surface area contributed by atoms with Crippen molar-refractivity contribution in [1.29, 1.82) is 0 Å². The second-order valence-electron chi connectivity index (χ2n) is 6.88. The van der Waals surface area contributed by atoms with Crippen molar-refractivity contribution in [1.82, 2.24) is 15.0 Å². The molecular weight excluding hydrogens is 428 g/mol. The first-order valence-corrected chi connectivity index (χ1v) is 11.2. The number of anilines is 1. The number of carbonyl (C=O) groups excluding carboxylic acids is 1. The van der Waals surface area contributed by atoms with Gasteiger partial charge in [-0.3, -0.25) is 9.10 Å². The number of hydrogen-bond donors (Lipinski definition) is 0. The van der Waals surface area contributed by atoms with E-state index in [4.69, 9.17) is 16.1 Å². The predicted octanol–water partition coefficient (Wildman–Crippen LogP) is 3.12. The number of aryl methyl sites for hydroxylation is 1. The van der Waals surface area contributed by atoms with E-state index in [0.29, 0.717) is 16.5 Å². The molecule has 30 heavy (non-hydrogen) atoms. The Bertz CT molecular complexity index is 1160. The molecule has 158 valence electrons. The van der Waals surface area contributed by atoms with Gasteiger partial charge in [0.25, 0.3) is 0 Å². The summed E-state index contributed by atoms with van der Waals surface area (Å²) < 4.78 is 30.7. The van der Waals surface area contributed by atoms with E-state index in [2.05, 4.69) is 10.1 Å². The maximum Gasteiger partial charge on any atom is 0.246 e. The van der Waals surface area contributed by atoms with Gasteiger partial charge in [0.05, 0.1) is 18.5 Å². The predicted molar refractivity (Wildman–Crippen MR) is 115 cm³/mol. The summed E-state index contributed by atoms with van der Waals surface area (Å²) in [7, 11) is -2.16. The zero-order valence-electron chi connectivity index (χ0n) is 16.7. The van der Waals surface area contributed by atoms with Gasteiger partial charge in [-0.25, -0.2) is 8.42 Å². The van der Waals surface area contributed by atoms with Gasteiger partial charge in [0.15, 0.2) is 0 Å². The Balaban J connectivity index is 1.72. The van der Waals surface area contributed by atoms with Crippen LogP contribution in [0.4, 0.5) is 5.69 Å². The van der Waals surface area contributed by atoms with Gasteiger partial charge in [-0.15, -0.1) is 0 Å². The van der Waals surface area contributed by atoms with Crippen LogP contribution >= 0.6 is 11.6 Å². The van der Waals surface area contributed by atoms with Gasteiger partial charge in [-0.05, 0) is 31.2 Å². The number of nitrogens with zero attached hydrogens (tertiary/aromatic N) is 4. The van der Waals surface area contributed by atoms with Crippen LogP contribution in [0.25, 0.3) is 11.4 Å². The van der Waals surface area contributed by atoms with Crippen LogP contribution in [0.3, 0.4) is 0 Å². The number of rotatable bonds is 7. The Morgan fingerprint density at radius 1 is 1.17 bits per heavy atom. The highest BCUT2D eigenvalue weighted by Gasteiger charge is 2.24. The van der Waals surface area contributed by atoms with Gasteiger partial charge in [-0.1, -0.05) is 46.6 Å². The molecule has 1 heterocycles. The number of benzene rings is 2. The number of amides is 1. The second kappa shape index (κ2) is 8.85. The van der Waals surface area contributed by atoms with E-state index in [1.807, 2.05) is 31.2 Å². The highest BCUT2D eigenvalue weighted by Crippen LogP contribution is 2.22. The van der Waals surface area contributed by atoms with Gasteiger partial charge < -0.3 is 9.42 Å². The third kappa shape index (κ3) is 5.37. The first kappa shape index (κ1) is 21.8. The van der Waals surface area contributed by atoms with Crippen molar-refractivity contribution >= 4 is 33.2 Å². The van der Waals surface area contributed by atoms with E-state index in [-0.39, 0.29) is 19.0 Å². The van der Waals surface area contributed by atoms with Crippen LogP contribution in [0.15, 0.2) is 53.1 Å². The molecule has 0 aliphatic carbocycles. The van der Waals surface area contributed by atoms with Crippen LogP contribution in [0.2, 0.25) is 5.02 Å². The van der Waals surface area contributed by atoms with Gasteiger partial charge in [0, 0.05) is 17.6 Å². The fraction of sp³-hybridized carbons (Fsp3) is 0.250. The molecule has 0 N–H and O–H groups in total. The van der Waals surface area contributed by atoms with E-state index in [0.717, 1.165) is 21.7 Å². The number of aromatic nitrogens is 2. The molecule has 0 spiro atoms. The topological polar surface area (TPSA) is 96.6 Å². The average Bonchev–Trinajstić information content (AvgIpc) is 3.13. The Morgan fingerprint density at radius 3 is 2.57 bits per heavy atom. The Labute approximate surface area is 180 Å². The monoisotopic (exact) mass is 448 g/mol. The van der Waals surface area contributed by atoms with Gasteiger partial charge in [-0.2, -0.15) is 4.98 Å². The molecule has 0 unspecified atom stereocenters. The van der Waals surface area contributed by atoms with Crippen molar-refractivity contribution in [2.75, 3.05) is 24.2 Å². The van der Waals surface area contributed by atoms with E-state index in [1.165, 1.54) is 18.0 Å². The first-order valence-electron chi connectivity index (χ1n) is 9.00. The summed E-state index contributed by atoms with van der Waals surface area (Å²) >= 11 is 5.96. The van der Waals surface area contributed by atoms with Crippen molar-refractivity contribution in [3.05, 3.63) is 65.0 Å². The molecular formula is C20H21ClN4O4S. The Hall–Kier alpha value is -2.91. The molecule has 0 aliphatic rings. The minimum Gasteiger partial charge on any atom is -0.337 e. The quantitative estimate of drug-likeness (QED) is 0.551. The molecule has 0 saturated heterocycles. The largest absolute Gasteiger partial charge is 0.337 e. The van der Waals surface area contributed by atoms with Crippen LogP contribution in [-0.4, -0.2) is 49.2 Å². The number of likely N-dealkylation sites (N-methyl/N-ethyl adjacent to an activating group) is 1. The Kier molecular flexibility index (Phi) is 6.42. The molecule has 0 radical (unpaired) electrons. The van der Waals surface area contributed by atoms with Gasteiger partial charge in [0.1, 0.15) is 6.54 Å². The lowest BCUT2D eigenvalue weighted by molar-refractivity contribution is -0.129. The maximum absolute atomic E-state index is 12.7. The van der Waals surface area contributed by atoms with Crippen molar-refractivity contribution in [3.63, 3.8) is 0 Å². The summed E-state index contributed by atoms with van der Waals surface area (Å²) in [6.07, 6.45) is 1.04. The van der Waals surface area contributed by atoms with Crippen LogP contribution in [0.5, 0.6) is 0 Å². The molecule has 3 rings (SSSR count). The zero-order valence-corrected chi connectivity index (χ0v) is 18.3. The number of halogens is 1. The molecule has 3 aromatic rings. The second-order valence-corrected chi connectivity index (χ2v) is 9.22. The van der Waals surface area contributed by atoms with E-state index in [1.54, 1.807) is 18.2 Å². The average molecular weight is 449 g/mol. The highest BCUT2D eigenvalue weighted by atomic mass is 35.5. The minimum absolute atomic E-state index is 0.0464. The number of carbonyl (C=O) groups is 1. The van der Waals surface area contributed by atoms with Crippen molar-refractivity contribution in [2.24, 2.45) is 0 Å². The minimum atomic E-state index is -3.70. The maximum atomic E-state index is 12.7. The lowest BCUT2D eigenvalue weighted by Gasteiger charge is -2.24. The summed E-state index contributed by atoms with van der Waals surface area (Å²) in [5.41, 5.74) is 2.18. The summed E-state index contributed by atoms with van der Waals surface area (Å²) in [6.45, 7) is 1.63. The lowest BCUT2D eigenvalue weighted by atomic mass is 10.1. The smallest absolute Gasteiger partial charge is 0.246 e. The molecule has 0 atom stereocenters. The van der Waals surface area contributed by atoms with Crippen LogP contribution in [-0.2, 0) is 21.4 Å². The molecule has 0 saturated carbocycles. The van der Waals surface area contributed by atoms with E-state index < -0.39 is 15.9 Å². The third-order valence-corrected chi connectivity index (χ3v) is 5.69. The van der Waals surface area contributed by atoms with Gasteiger partial charge >= 0.3 is 0 Å². The summed E-state index contributed by atoms with van der Waals surface area (Å²) in [6, 6.07) is 14.0. The SMILES string of the molecule is Cc1cccc(-c2noc(CN(C)C(=O)CN(c3cccc(Cl)c3)S(C)(=O)=O)n2)c1. The standard InChI is InChI=1S/C20H21ClN4O4S/c1-14-6-4-7-15(10-14)20-22-18(29-23-20)12-24(2)19(26)13-25(30(3,27)28)17-9-5-8-16(21)11-17/h4-11H,12-13H2,1-3H3. The van der Waals surface area contributed by atoms with E-state index >= 15 is 0 Å². The fourth-order valence-electron chi connectivity index (χ4n) is 2.79. The highest BCUT2D eigenvalue weighted by molar-refractivity contribution is 7.92. The molecule has 2 aromatic carbocycles. The molecule has 0 fully saturated rings. The number of sulfonamides is 1. The van der Waals surface area contributed by atoms with Crippen molar-refractivity contribution in [2.45, 2.75) is 13.5 Å². The third-order valence-electron chi connectivity index (χ3n) is 4.32. The first-order chi connectivity index (χ1) is 14.1. The molecule has 1 amide bonds. The van der Waals surface area contributed by atoms with Crippen LogP contribution < -0.4 is 4.31 Å². The fourth-order valence-corrected chi connectivity index (χ4v) is 3.81. The van der Waals surface area contributed by atoms with Crippen LogP contribution in [0, 0.1) is 6.92 Å². The van der Waals surface area contributed by atoms with Crippen LogP contribution in [0.1, 0.15) is 11.5 Å². The van der Waals surface area contributed by atoms with Crippen molar-refractivity contribution < 1.29 is 17.7 Å². The normalized spacial score (nSPS) is 11.3. The Morgan fingerprint density at radius 2 is 1.90 bits per heavy atom. The summed E-state index contributed by atoms with van der Waals surface area (Å²) in [4.78, 5) is 18.3. The molecule has 10 heteroatoms. The molecule has 0 aliphatic heterocycles. The van der Waals surface area contributed by atoms with Gasteiger partial charge in [0.2, 0.25) is 27.6 Å². The number of hydrogen-bond acceptors (Lipinski definition) is 6. The summed E-state index contributed by atoms with van der Waals surface area (Å²) in [5.74, 6) is 0.234.